The molecular formula is C24H22ClNO4. The number of hydrogen-bond acceptors (Lipinski definition) is 4. The third-order valence-electron chi connectivity index (χ3n) is 6.24. The summed E-state index contributed by atoms with van der Waals surface area (Å²) in [5, 5.41) is 3.89. The first-order chi connectivity index (χ1) is 14.5. The highest BCUT2D eigenvalue weighted by Crippen LogP contribution is 2.45. The molecule has 30 heavy (non-hydrogen) atoms. The first-order valence-electron chi connectivity index (χ1n) is 10.3. The predicted octanol–water partition coefficient (Wildman–Crippen LogP) is 6.32. The number of furan rings is 1. The number of carbonyl (C=O) groups is 2. The molecule has 1 fully saturated rings. The Morgan fingerprint density at radius 3 is 2.63 bits per heavy atom. The van der Waals surface area contributed by atoms with Gasteiger partial charge < -0.3 is 14.5 Å². The second kappa shape index (κ2) is 7.17. The minimum Gasteiger partial charge on any atom is -0.486 e. The maximum atomic E-state index is 13.2. The molecule has 1 aromatic heterocycles. The van der Waals surface area contributed by atoms with E-state index in [0.717, 1.165) is 25.7 Å². The van der Waals surface area contributed by atoms with Gasteiger partial charge in [-0.1, -0.05) is 30.2 Å². The molecule has 1 spiro atoms. The lowest BCUT2D eigenvalue weighted by Gasteiger charge is -2.40. The molecule has 1 amide bonds. The zero-order chi connectivity index (χ0) is 20.9. The van der Waals surface area contributed by atoms with Crippen molar-refractivity contribution >= 4 is 39.9 Å². The second-order valence-corrected chi connectivity index (χ2v) is 8.65. The molecule has 0 radical (unpaired) electrons. The molecule has 5 nitrogen and oxygen atoms in total. The van der Waals surface area contributed by atoms with E-state index in [1.165, 1.54) is 6.42 Å². The van der Waals surface area contributed by atoms with Crippen LogP contribution in [0.25, 0.3) is 11.0 Å². The van der Waals surface area contributed by atoms with Crippen LogP contribution in [0.1, 0.15) is 65.0 Å². The fourth-order valence-corrected chi connectivity index (χ4v) is 4.95. The zero-order valence-electron chi connectivity index (χ0n) is 16.7. The number of rotatable bonds is 2. The predicted molar refractivity (Wildman–Crippen MR) is 116 cm³/mol. The Balaban J connectivity index is 1.54. The summed E-state index contributed by atoms with van der Waals surface area (Å²) in [6.45, 7) is 1.80. The topological polar surface area (TPSA) is 68.5 Å². The highest BCUT2D eigenvalue weighted by atomic mass is 35.5. The van der Waals surface area contributed by atoms with Crippen molar-refractivity contribution in [2.24, 2.45) is 0 Å². The summed E-state index contributed by atoms with van der Waals surface area (Å²) in [5.74, 6) is 0.427. The first kappa shape index (κ1) is 19.2. The number of para-hydroxylation sites is 1. The van der Waals surface area contributed by atoms with Crippen molar-refractivity contribution in [3.63, 3.8) is 0 Å². The van der Waals surface area contributed by atoms with Crippen LogP contribution in [0, 0.1) is 6.92 Å². The number of amides is 1. The molecule has 1 aliphatic heterocycles. The van der Waals surface area contributed by atoms with Crippen LogP contribution in [0.5, 0.6) is 5.75 Å². The molecule has 6 heteroatoms. The highest BCUT2D eigenvalue weighted by Gasteiger charge is 2.42. The number of fused-ring (bicyclic) bond motifs is 3. The molecule has 0 atom stereocenters. The first-order valence-corrected chi connectivity index (χ1v) is 10.7. The summed E-state index contributed by atoms with van der Waals surface area (Å²) >= 11 is 6.15. The Kier molecular flexibility index (Phi) is 4.58. The number of benzene rings is 2. The van der Waals surface area contributed by atoms with E-state index in [0.29, 0.717) is 45.0 Å². The van der Waals surface area contributed by atoms with E-state index in [1.54, 1.807) is 43.3 Å². The van der Waals surface area contributed by atoms with Crippen LogP contribution < -0.4 is 10.1 Å². The summed E-state index contributed by atoms with van der Waals surface area (Å²) < 4.78 is 12.3. The van der Waals surface area contributed by atoms with Gasteiger partial charge in [-0.3, -0.25) is 9.59 Å². The summed E-state index contributed by atoms with van der Waals surface area (Å²) in [6.07, 6.45) is 5.56. The van der Waals surface area contributed by atoms with Gasteiger partial charge in [0.05, 0.1) is 22.7 Å². The Labute approximate surface area is 179 Å². The Morgan fingerprint density at radius 1 is 1.10 bits per heavy atom. The number of halogens is 1. The van der Waals surface area contributed by atoms with E-state index in [-0.39, 0.29) is 17.1 Å². The van der Waals surface area contributed by atoms with Gasteiger partial charge in [0.2, 0.25) is 0 Å². The van der Waals surface area contributed by atoms with Crippen LogP contribution in [-0.2, 0) is 0 Å². The monoisotopic (exact) mass is 423 g/mol. The number of Topliss-reactive ketones (excluding diaryl/α,β-unsaturated/α-hetero) is 1. The van der Waals surface area contributed by atoms with Crippen LogP contribution in [0.2, 0.25) is 5.02 Å². The molecule has 1 saturated carbocycles. The lowest BCUT2D eigenvalue weighted by atomic mass is 9.78. The Bertz CT molecular complexity index is 1170. The van der Waals surface area contributed by atoms with E-state index < -0.39 is 5.91 Å². The normalized spacial score (nSPS) is 17.6. The van der Waals surface area contributed by atoms with Gasteiger partial charge in [-0.05, 0) is 56.9 Å². The molecule has 3 aromatic rings. The summed E-state index contributed by atoms with van der Waals surface area (Å²) in [7, 11) is 0. The van der Waals surface area contributed by atoms with Crippen LogP contribution in [0.3, 0.4) is 0 Å². The number of hydrogen-bond donors (Lipinski definition) is 1. The average Bonchev–Trinajstić information content (AvgIpc) is 3.07. The van der Waals surface area contributed by atoms with Crippen molar-refractivity contribution < 1.29 is 18.7 Å². The fraction of sp³-hybridized carbons (Fsp3) is 0.333. The van der Waals surface area contributed by atoms with Crippen molar-refractivity contribution in [1.29, 1.82) is 0 Å². The highest BCUT2D eigenvalue weighted by molar-refractivity contribution is 6.34. The molecule has 2 aliphatic rings. The van der Waals surface area contributed by atoms with Crippen LogP contribution >= 0.6 is 11.6 Å². The van der Waals surface area contributed by atoms with E-state index in [1.807, 2.05) is 0 Å². The fourth-order valence-electron chi connectivity index (χ4n) is 4.77. The van der Waals surface area contributed by atoms with Crippen molar-refractivity contribution in [3.8, 4) is 5.75 Å². The minimum absolute atomic E-state index is 0.0608. The SMILES string of the molecule is Cc1c(C(=O)Nc2ccccc2Cl)oc2ccc3c(c12)C(=O)CC1(CCCCC1)O3. The van der Waals surface area contributed by atoms with Gasteiger partial charge in [0, 0.05) is 10.9 Å². The molecule has 0 saturated heterocycles. The quantitative estimate of drug-likeness (QED) is 0.524. The lowest BCUT2D eigenvalue weighted by Crippen LogP contribution is -2.43. The third-order valence-corrected chi connectivity index (χ3v) is 6.57. The molecule has 2 aromatic carbocycles. The Hall–Kier alpha value is -2.79. The van der Waals surface area contributed by atoms with Gasteiger partial charge >= 0.3 is 0 Å². The largest absolute Gasteiger partial charge is 0.486 e. The van der Waals surface area contributed by atoms with E-state index in [9.17, 15) is 9.59 Å². The number of carbonyl (C=O) groups excluding carboxylic acids is 2. The lowest BCUT2D eigenvalue weighted by molar-refractivity contribution is 0.0139. The minimum atomic E-state index is -0.404. The molecule has 0 bridgehead atoms. The molecule has 5 rings (SSSR count). The molecule has 1 aliphatic carbocycles. The number of ketones is 1. The van der Waals surface area contributed by atoms with Gasteiger partial charge in [0.1, 0.15) is 16.9 Å². The van der Waals surface area contributed by atoms with Gasteiger partial charge in [0.15, 0.2) is 11.5 Å². The molecule has 1 N–H and O–H groups in total. The Morgan fingerprint density at radius 2 is 1.87 bits per heavy atom. The number of anilines is 1. The standard InChI is InChI=1S/C24H22ClNO4/c1-14-20-18(29-22(14)23(28)26-16-8-4-3-7-15(16)25)9-10-19-21(20)17(27)13-24(30-19)11-5-2-6-12-24/h3-4,7-10H,2,5-6,11-13H2,1H3,(H,26,28). The van der Waals surface area contributed by atoms with Crippen molar-refractivity contribution in [2.45, 2.75) is 51.0 Å². The van der Waals surface area contributed by atoms with E-state index >= 15 is 0 Å². The van der Waals surface area contributed by atoms with Crippen molar-refractivity contribution in [2.75, 3.05) is 5.32 Å². The van der Waals surface area contributed by atoms with Crippen LogP contribution in [0.4, 0.5) is 5.69 Å². The maximum Gasteiger partial charge on any atom is 0.291 e. The van der Waals surface area contributed by atoms with Crippen molar-refractivity contribution in [1.82, 2.24) is 0 Å². The number of nitrogens with one attached hydrogen (secondary N) is 1. The molecule has 0 unspecified atom stereocenters. The summed E-state index contributed by atoms with van der Waals surface area (Å²) in [5.41, 5.74) is 1.79. The van der Waals surface area contributed by atoms with Gasteiger partial charge in [-0.25, -0.2) is 0 Å². The molecule has 2 heterocycles. The van der Waals surface area contributed by atoms with E-state index in [2.05, 4.69) is 5.32 Å². The molecular weight excluding hydrogens is 402 g/mol. The second-order valence-electron chi connectivity index (χ2n) is 8.25. The summed E-state index contributed by atoms with van der Waals surface area (Å²) in [6, 6.07) is 10.6. The maximum absolute atomic E-state index is 13.2. The summed E-state index contributed by atoms with van der Waals surface area (Å²) in [4.78, 5) is 26.1. The average molecular weight is 424 g/mol. The molecule has 154 valence electrons. The van der Waals surface area contributed by atoms with Gasteiger partial charge in [-0.15, -0.1) is 0 Å². The van der Waals surface area contributed by atoms with Crippen LogP contribution in [0.15, 0.2) is 40.8 Å². The van der Waals surface area contributed by atoms with Gasteiger partial charge in [-0.2, -0.15) is 0 Å². The zero-order valence-corrected chi connectivity index (χ0v) is 17.5. The number of ether oxygens (including phenoxy) is 1. The van der Waals surface area contributed by atoms with Crippen LogP contribution in [-0.4, -0.2) is 17.3 Å². The van der Waals surface area contributed by atoms with Gasteiger partial charge in [0.25, 0.3) is 5.91 Å². The smallest absolute Gasteiger partial charge is 0.291 e. The number of aryl methyl sites for hydroxylation is 1. The van der Waals surface area contributed by atoms with E-state index in [4.69, 9.17) is 20.8 Å². The van der Waals surface area contributed by atoms with Crippen molar-refractivity contribution in [3.05, 3.63) is 58.3 Å². The third kappa shape index (κ3) is 3.08.